The lowest BCUT2D eigenvalue weighted by Gasteiger charge is -2.36. The van der Waals surface area contributed by atoms with Crippen LogP contribution in [0, 0.1) is 0 Å². The number of likely N-dealkylation sites (N-methyl/N-ethyl adjacent to an activating group) is 1. The number of pyridine rings is 1. The summed E-state index contributed by atoms with van der Waals surface area (Å²) in [6.45, 7) is 0.660. The summed E-state index contributed by atoms with van der Waals surface area (Å²) >= 11 is 5.87. The molecule has 1 aliphatic carbocycles. The van der Waals surface area contributed by atoms with Crippen molar-refractivity contribution in [2.45, 2.75) is 31.2 Å². The van der Waals surface area contributed by atoms with Gasteiger partial charge in [0.25, 0.3) is 5.91 Å². The molecule has 0 atom stereocenters. The molecule has 0 radical (unpaired) electrons. The molecule has 5 heteroatoms. The Morgan fingerprint density at radius 3 is 2.74 bits per heavy atom. The van der Waals surface area contributed by atoms with Crippen LogP contribution in [0.3, 0.4) is 0 Å². The van der Waals surface area contributed by atoms with Crippen molar-refractivity contribution < 1.29 is 4.79 Å². The van der Waals surface area contributed by atoms with Crippen molar-refractivity contribution in [1.82, 2.24) is 15.2 Å². The van der Waals surface area contributed by atoms with Crippen molar-refractivity contribution in [3.05, 3.63) is 29.0 Å². The van der Waals surface area contributed by atoms with Crippen LogP contribution in [0.15, 0.2) is 18.3 Å². The highest BCUT2D eigenvalue weighted by Crippen LogP contribution is 2.33. The van der Waals surface area contributed by atoms with Crippen molar-refractivity contribution >= 4 is 17.5 Å². The number of nitrogens with one attached hydrogen (secondary N) is 1. The maximum absolute atomic E-state index is 12.1. The summed E-state index contributed by atoms with van der Waals surface area (Å²) in [5, 5.41) is 3.52. The summed E-state index contributed by atoms with van der Waals surface area (Å²) in [6, 6.07) is 3.25. The molecular formula is C14H20ClN3O. The van der Waals surface area contributed by atoms with Gasteiger partial charge in [-0.3, -0.25) is 9.78 Å². The average Bonchev–Trinajstić information content (AvgIpc) is 2.86. The van der Waals surface area contributed by atoms with E-state index in [2.05, 4.69) is 29.3 Å². The van der Waals surface area contributed by atoms with Crippen LogP contribution in [0.1, 0.15) is 36.2 Å². The van der Waals surface area contributed by atoms with Gasteiger partial charge in [-0.05, 0) is 39.1 Å². The number of aromatic nitrogens is 1. The first-order valence-electron chi connectivity index (χ1n) is 6.61. The molecule has 0 saturated heterocycles. The van der Waals surface area contributed by atoms with E-state index >= 15 is 0 Å². The Bertz CT molecular complexity index is 456. The van der Waals surface area contributed by atoms with E-state index < -0.39 is 0 Å². The van der Waals surface area contributed by atoms with Crippen LogP contribution in [0.2, 0.25) is 5.02 Å². The highest BCUT2D eigenvalue weighted by atomic mass is 35.5. The molecule has 19 heavy (non-hydrogen) atoms. The highest BCUT2D eigenvalue weighted by molar-refractivity contribution is 6.30. The minimum Gasteiger partial charge on any atom is -0.349 e. The van der Waals surface area contributed by atoms with E-state index in [9.17, 15) is 4.79 Å². The molecule has 1 saturated carbocycles. The van der Waals surface area contributed by atoms with E-state index in [4.69, 9.17) is 11.6 Å². The number of carbonyl (C=O) groups is 1. The lowest BCUT2D eigenvalue weighted by atomic mass is 9.96. The first kappa shape index (κ1) is 14.3. The highest BCUT2D eigenvalue weighted by Gasteiger charge is 2.36. The maximum atomic E-state index is 12.1. The molecule has 0 aromatic carbocycles. The summed E-state index contributed by atoms with van der Waals surface area (Å²) in [6.07, 6.45) is 6.26. The molecule has 0 spiro atoms. The molecule has 1 N–H and O–H groups in total. The number of halogens is 1. The SMILES string of the molecule is CN(C)C1(CNC(=O)c2cc(Cl)ccn2)CCCC1. The minimum absolute atomic E-state index is 0.0915. The molecule has 0 unspecified atom stereocenters. The number of hydrogen-bond donors (Lipinski definition) is 1. The van der Waals surface area contributed by atoms with Gasteiger partial charge in [0.05, 0.1) is 0 Å². The van der Waals surface area contributed by atoms with Crippen LogP contribution in [0.25, 0.3) is 0 Å². The Balaban J connectivity index is 2.00. The number of hydrogen-bond acceptors (Lipinski definition) is 3. The van der Waals surface area contributed by atoms with E-state index in [-0.39, 0.29) is 11.4 Å². The minimum atomic E-state index is -0.157. The first-order chi connectivity index (χ1) is 9.03. The zero-order chi connectivity index (χ0) is 13.9. The van der Waals surface area contributed by atoms with Gasteiger partial charge in [0.2, 0.25) is 0 Å². The third-order valence-corrected chi connectivity index (χ3v) is 4.25. The Morgan fingerprint density at radius 1 is 1.47 bits per heavy atom. The molecule has 0 aliphatic heterocycles. The largest absolute Gasteiger partial charge is 0.349 e. The first-order valence-corrected chi connectivity index (χ1v) is 6.98. The van der Waals surface area contributed by atoms with E-state index in [1.807, 2.05) is 0 Å². The van der Waals surface area contributed by atoms with Crippen molar-refractivity contribution in [3.8, 4) is 0 Å². The van der Waals surface area contributed by atoms with E-state index in [0.717, 1.165) is 12.8 Å². The molecule has 2 rings (SSSR count). The second kappa shape index (κ2) is 5.88. The molecule has 1 aliphatic rings. The molecule has 1 amide bonds. The molecular weight excluding hydrogens is 262 g/mol. The maximum Gasteiger partial charge on any atom is 0.269 e. The zero-order valence-electron chi connectivity index (χ0n) is 11.4. The Kier molecular flexibility index (Phi) is 4.42. The molecule has 1 aromatic heterocycles. The van der Waals surface area contributed by atoms with Crippen LogP contribution in [-0.4, -0.2) is 42.0 Å². The predicted molar refractivity (Wildman–Crippen MR) is 76.5 cm³/mol. The Hall–Kier alpha value is -1.13. The second-order valence-corrected chi connectivity index (χ2v) is 5.80. The van der Waals surface area contributed by atoms with Gasteiger partial charge in [-0.1, -0.05) is 24.4 Å². The smallest absolute Gasteiger partial charge is 0.269 e. The molecule has 1 aromatic rings. The summed E-state index contributed by atoms with van der Waals surface area (Å²) in [5.41, 5.74) is 0.466. The van der Waals surface area contributed by atoms with Gasteiger partial charge in [0.15, 0.2) is 0 Å². The normalized spacial score (nSPS) is 17.7. The van der Waals surface area contributed by atoms with Gasteiger partial charge < -0.3 is 10.2 Å². The summed E-state index contributed by atoms with van der Waals surface area (Å²) in [4.78, 5) is 18.3. The van der Waals surface area contributed by atoms with Crippen LogP contribution < -0.4 is 5.32 Å². The predicted octanol–water partition coefficient (Wildman–Crippen LogP) is 2.34. The quantitative estimate of drug-likeness (QED) is 0.921. The van der Waals surface area contributed by atoms with Crippen LogP contribution in [0.4, 0.5) is 0 Å². The fraction of sp³-hybridized carbons (Fsp3) is 0.571. The van der Waals surface area contributed by atoms with Crippen molar-refractivity contribution in [2.24, 2.45) is 0 Å². The number of rotatable bonds is 4. The number of nitrogens with zero attached hydrogens (tertiary/aromatic N) is 2. The lowest BCUT2D eigenvalue weighted by molar-refractivity contribution is 0.0895. The van der Waals surface area contributed by atoms with Gasteiger partial charge in [-0.2, -0.15) is 0 Å². The topological polar surface area (TPSA) is 45.2 Å². The summed E-state index contributed by atoms with van der Waals surface area (Å²) in [7, 11) is 4.16. The van der Waals surface area contributed by atoms with Crippen LogP contribution >= 0.6 is 11.6 Å². The van der Waals surface area contributed by atoms with Crippen molar-refractivity contribution in [3.63, 3.8) is 0 Å². The molecule has 4 nitrogen and oxygen atoms in total. The Morgan fingerprint density at radius 2 is 2.16 bits per heavy atom. The molecule has 1 fully saturated rings. The monoisotopic (exact) mass is 281 g/mol. The third kappa shape index (κ3) is 3.25. The molecule has 0 bridgehead atoms. The number of carbonyl (C=O) groups excluding carboxylic acids is 1. The van der Waals surface area contributed by atoms with Gasteiger partial charge in [0, 0.05) is 23.3 Å². The fourth-order valence-corrected chi connectivity index (χ4v) is 2.84. The van der Waals surface area contributed by atoms with Gasteiger partial charge in [-0.25, -0.2) is 0 Å². The van der Waals surface area contributed by atoms with E-state index in [1.165, 1.54) is 12.8 Å². The van der Waals surface area contributed by atoms with Gasteiger partial charge in [0.1, 0.15) is 5.69 Å². The summed E-state index contributed by atoms with van der Waals surface area (Å²) < 4.78 is 0. The number of amides is 1. The Labute approximate surface area is 119 Å². The van der Waals surface area contributed by atoms with Crippen LogP contribution in [-0.2, 0) is 0 Å². The molecule has 104 valence electrons. The summed E-state index contributed by atoms with van der Waals surface area (Å²) in [5.74, 6) is -0.157. The van der Waals surface area contributed by atoms with Gasteiger partial charge >= 0.3 is 0 Å². The standard InChI is InChI=1S/C14H20ClN3O/c1-18(2)14(6-3-4-7-14)10-17-13(19)12-9-11(15)5-8-16-12/h5,8-9H,3-4,6-7,10H2,1-2H3,(H,17,19). The van der Waals surface area contributed by atoms with E-state index in [1.54, 1.807) is 18.3 Å². The van der Waals surface area contributed by atoms with Crippen molar-refractivity contribution in [2.75, 3.05) is 20.6 Å². The fourth-order valence-electron chi connectivity index (χ4n) is 2.68. The van der Waals surface area contributed by atoms with Gasteiger partial charge in [-0.15, -0.1) is 0 Å². The van der Waals surface area contributed by atoms with E-state index in [0.29, 0.717) is 17.3 Å². The average molecular weight is 282 g/mol. The lowest BCUT2D eigenvalue weighted by Crippen LogP contribution is -2.50. The third-order valence-electron chi connectivity index (χ3n) is 4.02. The second-order valence-electron chi connectivity index (χ2n) is 5.37. The van der Waals surface area contributed by atoms with Crippen LogP contribution in [0.5, 0.6) is 0 Å². The van der Waals surface area contributed by atoms with Crippen molar-refractivity contribution in [1.29, 1.82) is 0 Å². The zero-order valence-corrected chi connectivity index (χ0v) is 12.2. The molecule has 1 heterocycles.